The van der Waals surface area contributed by atoms with Gasteiger partial charge in [-0.25, -0.2) is 18.2 Å². The van der Waals surface area contributed by atoms with Crippen LogP contribution < -0.4 is 24.0 Å². The van der Waals surface area contributed by atoms with Crippen LogP contribution in [-0.4, -0.2) is 32.2 Å². The normalized spacial score (nSPS) is 15.6. The summed E-state index contributed by atoms with van der Waals surface area (Å²) in [6.45, 7) is 1.14. The molecule has 2 rings (SSSR count). The number of nitrogens with zero attached hydrogens (tertiary/aromatic N) is 1. The van der Waals surface area contributed by atoms with Crippen molar-refractivity contribution in [2.45, 2.75) is 12.8 Å². The van der Waals surface area contributed by atoms with Crippen LogP contribution in [0, 0.1) is 12.2 Å². The number of halogens is 1. The summed E-state index contributed by atoms with van der Waals surface area (Å²) in [5.74, 6) is 0. The average Bonchev–Trinajstić information content (AvgIpc) is 2.71. The van der Waals surface area contributed by atoms with Crippen molar-refractivity contribution in [1.29, 1.82) is 0 Å². The Morgan fingerprint density at radius 2 is 1.88 bits per heavy atom. The van der Waals surface area contributed by atoms with E-state index in [4.69, 9.17) is 0 Å². The van der Waals surface area contributed by atoms with E-state index in [1.807, 2.05) is 12.2 Å². The van der Waals surface area contributed by atoms with Crippen LogP contribution in [0.3, 0.4) is 0 Å². The van der Waals surface area contributed by atoms with Crippen molar-refractivity contribution < 1.29 is 45.5 Å². The van der Waals surface area contributed by atoms with Crippen molar-refractivity contribution in [1.82, 2.24) is 0 Å². The molecular formula is C14H20FeIN. The number of hydrogen-bond acceptors (Lipinski definition) is 0. The first-order chi connectivity index (χ1) is 7.08. The second-order valence-electron chi connectivity index (χ2n) is 4.83. The molecule has 0 saturated heterocycles. The smallest absolute Gasteiger partial charge is 1.00 e. The van der Waals surface area contributed by atoms with Gasteiger partial charge in [0.05, 0.1) is 21.1 Å². The first kappa shape index (κ1) is 19.5. The van der Waals surface area contributed by atoms with Crippen molar-refractivity contribution in [3.8, 4) is 0 Å². The predicted molar refractivity (Wildman–Crippen MR) is 65.0 cm³/mol. The Bertz CT molecular complexity index is 299. The molecule has 0 atom stereocenters. The van der Waals surface area contributed by atoms with Crippen LogP contribution in [0.4, 0.5) is 0 Å². The van der Waals surface area contributed by atoms with Gasteiger partial charge in [0.25, 0.3) is 0 Å². The Kier molecular flexibility index (Phi) is 11.6. The molecule has 0 aromatic carbocycles. The van der Waals surface area contributed by atoms with E-state index < -0.39 is 0 Å². The van der Waals surface area contributed by atoms with Gasteiger partial charge in [-0.3, -0.25) is 12.2 Å². The molecule has 0 spiro atoms. The summed E-state index contributed by atoms with van der Waals surface area (Å²) in [6.07, 6.45) is 18.4. The molecule has 0 bridgehead atoms. The fourth-order valence-corrected chi connectivity index (χ4v) is 1.49. The van der Waals surface area contributed by atoms with Gasteiger partial charge in [-0.05, 0) is 0 Å². The molecule has 0 radical (unpaired) electrons. The zero-order valence-electron chi connectivity index (χ0n) is 10.7. The molecule has 96 valence electrons. The van der Waals surface area contributed by atoms with Crippen molar-refractivity contribution in [2.75, 3.05) is 27.7 Å². The van der Waals surface area contributed by atoms with Crippen LogP contribution >= 0.6 is 0 Å². The SMILES string of the molecule is C[N+](C)(C)CC1=C[C-]=CC1.[C-]1=CCC=C1.[Fe+2].[I-]. The first-order valence-electron chi connectivity index (χ1n) is 5.37. The zero-order chi connectivity index (χ0) is 11.1. The minimum Gasteiger partial charge on any atom is -1.00 e. The van der Waals surface area contributed by atoms with E-state index in [-0.39, 0.29) is 41.0 Å². The number of rotatable bonds is 2. The Hall–Kier alpha value is 0.169. The van der Waals surface area contributed by atoms with Crippen LogP contribution in [0.1, 0.15) is 12.8 Å². The quantitative estimate of drug-likeness (QED) is 0.265. The fraction of sp³-hybridized carbons (Fsp3) is 0.429. The van der Waals surface area contributed by atoms with Gasteiger partial charge in [-0.2, -0.15) is 17.7 Å². The third-order valence-corrected chi connectivity index (χ3v) is 2.03. The van der Waals surface area contributed by atoms with Crippen LogP contribution in [0.5, 0.6) is 0 Å². The maximum absolute atomic E-state index is 3.10. The zero-order valence-corrected chi connectivity index (χ0v) is 13.9. The molecule has 0 amide bonds. The topological polar surface area (TPSA) is 0 Å². The summed E-state index contributed by atoms with van der Waals surface area (Å²) in [5.41, 5.74) is 1.49. The number of likely N-dealkylation sites (N-methyl/N-ethyl adjacent to an activating group) is 1. The van der Waals surface area contributed by atoms with Gasteiger partial charge in [-0.1, -0.05) is 6.42 Å². The van der Waals surface area contributed by atoms with E-state index in [1.54, 1.807) is 0 Å². The second kappa shape index (κ2) is 10.1. The summed E-state index contributed by atoms with van der Waals surface area (Å²) >= 11 is 0. The van der Waals surface area contributed by atoms with Crippen LogP contribution in [0.15, 0.2) is 36.0 Å². The van der Waals surface area contributed by atoms with Crippen LogP contribution in [0.2, 0.25) is 0 Å². The fourth-order valence-electron chi connectivity index (χ4n) is 1.49. The second-order valence-corrected chi connectivity index (χ2v) is 4.83. The van der Waals surface area contributed by atoms with E-state index in [2.05, 4.69) is 51.5 Å². The molecule has 3 heteroatoms. The minimum absolute atomic E-state index is 0. The molecule has 0 aromatic rings. The molecule has 0 aliphatic heterocycles. The van der Waals surface area contributed by atoms with Crippen molar-refractivity contribution >= 4 is 0 Å². The molecule has 0 fully saturated rings. The summed E-state index contributed by atoms with van der Waals surface area (Å²) in [7, 11) is 6.62. The molecule has 2 aliphatic rings. The Morgan fingerprint density at radius 3 is 2.18 bits per heavy atom. The Labute approximate surface area is 133 Å². The van der Waals surface area contributed by atoms with Gasteiger partial charge >= 0.3 is 17.1 Å². The van der Waals surface area contributed by atoms with Crippen LogP contribution in [-0.2, 0) is 17.1 Å². The summed E-state index contributed by atoms with van der Waals surface area (Å²) in [5, 5.41) is 0. The van der Waals surface area contributed by atoms with Crippen molar-refractivity contribution in [3.05, 3.63) is 48.1 Å². The van der Waals surface area contributed by atoms with Gasteiger partial charge in [0.1, 0.15) is 0 Å². The molecule has 0 saturated carbocycles. The number of hydrogen-bond donors (Lipinski definition) is 0. The summed E-state index contributed by atoms with van der Waals surface area (Å²) < 4.78 is 1.02. The largest absolute Gasteiger partial charge is 2.00 e. The molecule has 17 heavy (non-hydrogen) atoms. The number of allylic oxidation sites excluding steroid dienone is 7. The van der Waals surface area contributed by atoms with E-state index in [1.165, 1.54) is 5.57 Å². The van der Waals surface area contributed by atoms with Gasteiger partial charge in [-0.15, -0.1) is 6.42 Å². The van der Waals surface area contributed by atoms with Crippen LogP contribution in [0.25, 0.3) is 0 Å². The standard InChI is InChI=1S/C9H15N.C5H5.Fe.HI/c1-10(2,3)8-9-6-4-5-7-9;1-2-4-5-3-1;;/h4,7H,6,8H2,1-3H3;1-2,5H,3H2;;1H/q;-1;+2;/p-1. The predicted octanol–water partition coefficient (Wildman–Crippen LogP) is -0.311. The van der Waals surface area contributed by atoms with Gasteiger partial charge in [0.2, 0.25) is 0 Å². The molecule has 0 heterocycles. The monoisotopic (exact) mass is 385 g/mol. The minimum atomic E-state index is 0. The van der Waals surface area contributed by atoms with Crippen molar-refractivity contribution in [2.24, 2.45) is 0 Å². The molecule has 0 unspecified atom stereocenters. The van der Waals surface area contributed by atoms with E-state index in [0.717, 1.165) is 23.9 Å². The molecule has 2 aliphatic carbocycles. The average molecular weight is 385 g/mol. The molecule has 0 aromatic heterocycles. The van der Waals surface area contributed by atoms with Gasteiger partial charge in [0, 0.05) is 6.54 Å². The maximum atomic E-state index is 3.10. The van der Waals surface area contributed by atoms with E-state index >= 15 is 0 Å². The van der Waals surface area contributed by atoms with E-state index in [9.17, 15) is 0 Å². The summed E-state index contributed by atoms with van der Waals surface area (Å²) in [4.78, 5) is 0. The maximum Gasteiger partial charge on any atom is 2.00 e. The first-order valence-corrected chi connectivity index (χ1v) is 5.37. The third kappa shape index (κ3) is 11.0. The number of quaternary nitrogens is 1. The van der Waals surface area contributed by atoms with Crippen molar-refractivity contribution in [3.63, 3.8) is 0 Å². The third-order valence-electron chi connectivity index (χ3n) is 2.03. The van der Waals surface area contributed by atoms with Gasteiger partial charge < -0.3 is 28.5 Å². The molecule has 1 nitrogen and oxygen atoms in total. The molecule has 0 N–H and O–H groups in total. The molecular weight excluding hydrogens is 365 g/mol. The van der Waals surface area contributed by atoms with Gasteiger partial charge in [0.15, 0.2) is 0 Å². The Balaban J connectivity index is 0. The van der Waals surface area contributed by atoms with E-state index in [0.29, 0.717) is 0 Å². The summed E-state index contributed by atoms with van der Waals surface area (Å²) in [6, 6.07) is 0. The Morgan fingerprint density at radius 1 is 1.18 bits per heavy atom.